The standard InChI is InChI=1S/C36H43N7O8S/c1-22(2)32-36(46)38-23(3)34-40-33(25-9-7-6-8-10-25)41-43(34)21-31(44)37-17-18-51-26-13-11-24(12-14-26)19-28(35(45)39-32)42-52(47,48)30-20-27(49-4)15-16-29(30)50-5/h6-16,20,22-23,28,32,42H,17-19,21H2,1-5H3,(H,37,44)(H,38,46)(H,39,45)/t23-,28-,32+/m0/s1. The van der Waals surface area contributed by atoms with Gasteiger partial charge in [0.1, 0.15) is 53.2 Å². The molecule has 3 atom stereocenters. The van der Waals surface area contributed by atoms with Crippen LogP contribution in [0.3, 0.4) is 0 Å². The lowest BCUT2D eigenvalue weighted by Gasteiger charge is -2.27. The topological polar surface area (TPSA) is 192 Å². The van der Waals surface area contributed by atoms with E-state index in [1.54, 1.807) is 51.1 Å². The summed E-state index contributed by atoms with van der Waals surface area (Å²) in [7, 11) is -1.63. The second-order valence-corrected chi connectivity index (χ2v) is 14.2. The molecule has 0 aliphatic carbocycles. The second kappa shape index (κ2) is 16.7. The molecule has 4 N–H and O–H groups in total. The Morgan fingerprint density at radius 1 is 0.942 bits per heavy atom. The monoisotopic (exact) mass is 733 g/mol. The molecule has 2 bridgehead atoms. The van der Waals surface area contributed by atoms with Crippen molar-refractivity contribution in [2.75, 3.05) is 27.4 Å². The number of benzene rings is 3. The Morgan fingerprint density at radius 3 is 2.35 bits per heavy atom. The number of aromatic nitrogens is 3. The fraction of sp³-hybridized carbons (Fsp3) is 0.361. The minimum Gasteiger partial charge on any atom is -0.497 e. The van der Waals surface area contributed by atoms with Crippen LogP contribution in [0.2, 0.25) is 0 Å². The fourth-order valence-corrected chi connectivity index (χ4v) is 6.98. The van der Waals surface area contributed by atoms with Crippen LogP contribution in [-0.2, 0) is 37.4 Å². The first-order valence-electron chi connectivity index (χ1n) is 16.7. The van der Waals surface area contributed by atoms with Crippen molar-refractivity contribution in [3.05, 3.63) is 84.2 Å². The summed E-state index contributed by atoms with van der Waals surface area (Å²) in [5, 5.41) is 13.1. The highest BCUT2D eigenvalue weighted by Gasteiger charge is 2.33. The highest BCUT2D eigenvalue weighted by Crippen LogP contribution is 2.29. The third-order valence-corrected chi connectivity index (χ3v) is 9.84. The normalized spacial score (nSPS) is 19.1. The number of carbonyl (C=O) groups excluding carboxylic acids is 3. The van der Waals surface area contributed by atoms with Crippen molar-refractivity contribution in [2.45, 2.75) is 56.8 Å². The number of rotatable bonds is 7. The van der Waals surface area contributed by atoms with Gasteiger partial charge in [-0.05, 0) is 49.1 Å². The lowest BCUT2D eigenvalue weighted by atomic mass is 10.0. The highest BCUT2D eigenvalue weighted by molar-refractivity contribution is 7.89. The van der Waals surface area contributed by atoms with E-state index in [0.29, 0.717) is 23.0 Å². The van der Waals surface area contributed by atoms with Gasteiger partial charge in [-0.2, -0.15) is 9.82 Å². The number of methoxy groups -OCH3 is 2. The maximum Gasteiger partial charge on any atom is 0.245 e. The summed E-state index contributed by atoms with van der Waals surface area (Å²) in [6, 6.07) is 17.1. The number of fused-ring (bicyclic) bond motifs is 14. The van der Waals surface area contributed by atoms with Gasteiger partial charge >= 0.3 is 0 Å². The Bertz CT molecular complexity index is 1990. The molecule has 3 aromatic carbocycles. The van der Waals surface area contributed by atoms with Crippen molar-refractivity contribution < 1.29 is 37.0 Å². The molecule has 0 unspecified atom stereocenters. The van der Waals surface area contributed by atoms with E-state index in [-0.39, 0.29) is 48.4 Å². The molecular weight excluding hydrogens is 691 g/mol. The zero-order valence-electron chi connectivity index (χ0n) is 29.6. The third kappa shape index (κ3) is 9.24. The molecule has 4 aromatic rings. The van der Waals surface area contributed by atoms with Crippen LogP contribution >= 0.6 is 0 Å². The number of hydrogen-bond donors (Lipinski definition) is 4. The Hall–Kier alpha value is -5.48. The molecule has 0 fully saturated rings. The van der Waals surface area contributed by atoms with Crippen LogP contribution in [-0.4, -0.2) is 80.4 Å². The molecule has 15 nitrogen and oxygen atoms in total. The first kappa shape index (κ1) is 37.8. The molecule has 16 heteroatoms. The van der Waals surface area contributed by atoms with E-state index in [1.807, 2.05) is 30.3 Å². The van der Waals surface area contributed by atoms with Crippen LogP contribution in [0.1, 0.15) is 38.2 Å². The van der Waals surface area contributed by atoms with Gasteiger partial charge in [0.15, 0.2) is 5.82 Å². The number of carbonyl (C=O) groups is 3. The lowest BCUT2D eigenvalue weighted by Crippen LogP contribution is -2.56. The minimum absolute atomic E-state index is 0.0509. The molecule has 0 spiro atoms. The van der Waals surface area contributed by atoms with E-state index in [2.05, 4.69) is 30.8 Å². The average Bonchev–Trinajstić information content (AvgIpc) is 3.55. The number of hydrogen-bond acceptors (Lipinski definition) is 10. The van der Waals surface area contributed by atoms with Crippen LogP contribution in [0.15, 0.2) is 77.7 Å². The number of ether oxygens (including phenoxy) is 3. The molecule has 3 amide bonds. The van der Waals surface area contributed by atoms with Gasteiger partial charge in [-0.25, -0.2) is 18.1 Å². The Labute approximate surface area is 302 Å². The average molecular weight is 734 g/mol. The third-order valence-electron chi connectivity index (χ3n) is 8.35. The molecule has 6 rings (SSSR count). The van der Waals surface area contributed by atoms with Crippen molar-refractivity contribution in [1.29, 1.82) is 0 Å². The maximum atomic E-state index is 14.1. The first-order valence-corrected chi connectivity index (χ1v) is 18.2. The van der Waals surface area contributed by atoms with Gasteiger partial charge in [-0.3, -0.25) is 14.4 Å². The molecule has 276 valence electrons. The molecule has 0 saturated carbocycles. The molecule has 52 heavy (non-hydrogen) atoms. The van der Waals surface area contributed by atoms with Crippen molar-refractivity contribution in [2.24, 2.45) is 5.92 Å². The minimum atomic E-state index is -4.37. The van der Waals surface area contributed by atoms with Gasteiger partial charge in [0.25, 0.3) is 0 Å². The number of sulfonamides is 1. The Balaban J connectivity index is 1.49. The SMILES string of the molecule is COc1ccc(OC)c(S(=O)(=O)N[C@H]2Cc3ccc(cc3)OCCNC(=O)Cn3nc(-c4ccccc4)nc3[C@H](C)NC(=O)[C@@H](C(C)C)NC2=O)c1. The molecule has 3 heterocycles. The Morgan fingerprint density at radius 2 is 1.67 bits per heavy atom. The zero-order chi connectivity index (χ0) is 37.4. The van der Waals surface area contributed by atoms with E-state index in [9.17, 15) is 22.8 Å². The van der Waals surface area contributed by atoms with Crippen LogP contribution in [0, 0.1) is 5.92 Å². The van der Waals surface area contributed by atoms with Crippen LogP contribution in [0.5, 0.6) is 17.2 Å². The number of nitrogens with zero attached hydrogens (tertiary/aromatic N) is 3. The number of nitrogens with one attached hydrogen (secondary N) is 4. The van der Waals surface area contributed by atoms with E-state index < -0.39 is 45.9 Å². The van der Waals surface area contributed by atoms with E-state index in [4.69, 9.17) is 14.2 Å². The second-order valence-electron chi connectivity index (χ2n) is 12.5. The van der Waals surface area contributed by atoms with Gasteiger partial charge in [0.2, 0.25) is 27.7 Å². The molecule has 2 aliphatic rings. The molecular formula is C36H43N7O8S. The van der Waals surface area contributed by atoms with Crippen LogP contribution < -0.4 is 34.9 Å². The zero-order valence-corrected chi connectivity index (χ0v) is 30.4. The summed E-state index contributed by atoms with van der Waals surface area (Å²) in [5.74, 6) is -0.494. The smallest absolute Gasteiger partial charge is 0.245 e. The van der Waals surface area contributed by atoms with E-state index in [0.717, 1.165) is 5.56 Å². The predicted octanol–water partition coefficient (Wildman–Crippen LogP) is 2.38. The van der Waals surface area contributed by atoms with Crippen LogP contribution in [0.4, 0.5) is 0 Å². The molecule has 0 radical (unpaired) electrons. The van der Waals surface area contributed by atoms with Crippen molar-refractivity contribution in [3.63, 3.8) is 0 Å². The molecule has 2 aliphatic heterocycles. The first-order chi connectivity index (χ1) is 24.9. The lowest BCUT2D eigenvalue weighted by molar-refractivity contribution is -0.131. The maximum absolute atomic E-state index is 14.1. The van der Waals surface area contributed by atoms with Crippen molar-refractivity contribution in [1.82, 2.24) is 35.4 Å². The fourth-order valence-electron chi connectivity index (χ4n) is 5.60. The van der Waals surface area contributed by atoms with E-state index >= 15 is 0 Å². The van der Waals surface area contributed by atoms with Crippen molar-refractivity contribution >= 4 is 27.7 Å². The summed E-state index contributed by atoms with van der Waals surface area (Å²) < 4.78 is 48.0. The predicted molar refractivity (Wildman–Crippen MR) is 191 cm³/mol. The van der Waals surface area contributed by atoms with Gasteiger partial charge < -0.3 is 30.2 Å². The summed E-state index contributed by atoms with van der Waals surface area (Å²) in [6.07, 6.45) is -0.0676. The van der Waals surface area contributed by atoms with Gasteiger partial charge in [-0.1, -0.05) is 56.3 Å². The van der Waals surface area contributed by atoms with Gasteiger partial charge in [0, 0.05) is 11.6 Å². The van der Waals surface area contributed by atoms with Gasteiger partial charge in [0.05, 0.1) is 26.8 Å². The van der Waals surface area contributed by atoms with E-state index in [1.165, 1.54) is 31.0 Å². The highest BCUT2D eigenvalue weighted by atomic mass is 32.2. The van der Waals surface area contributed by atoms with Crippen molar-refractivity contribution in [3.8, 4) is 28.6 Å². The largest absolute Gasteiger partial charge is 0.497 e. The quantitative estimate of drug-likeness (QED) is 0.219. The summed E-state index contributed by atoms with van der Waals surface area (Å²) in [4.78, 5) is 45.3. The number of amides is 3. The summed E-state index contributed by atoms with van der Waals surface area (Å²) in [5.41, 5.74) is 1.34. The summed E-state index contributed by atoms with van der Waals surface area (Å²) >= 11 is 0. The Kier molecular flexibility index (Phi) is 12.1. The summed E-state index contributed by atoms with van der Waals surface area (Å²) in [6.45, 7) is 5.41. The van der Waals surface area contributed by atoms with Crippen LogP contribution in [0.25, 0.3) is 11.4 Å². The molecule has 1 aromatic heterocycles. The van der Waals surface area contributed by atoms with Gasteiger partial charge in [-0.15, -0.1) is 0 Å². The molecule has 0 saturated heterocycles.